The number of nitrogens with one attached hydrogen (secondary N) is 1. The maximum absolute atomic E-state index is 5.18. The average molecular weight is 228 g/mol. The van der Waals surface area contributed by atoms with E-state index in [2.05, 4.69) is 21.6 Å². The Morgan fingerprint density at radius 3 is 2.69 bits per heavy atom. The first-order valence-electron chi connectivity index (χ1n) is 4.99. The number of rotatable bonds is 3. The van der Waals surface area contributed by atoms with Crippen LogP contribution in [0.5, 0.6) is 0 Å². The lowest BCUT2D eigenvalue weighted by molar-refractivity contribution is 1.30. The van der Waals surface area contributed by atoms with E-state index in [1.807, 2.05) is 31.2 Å². The number of hydrogen-bond acceptors (Lipinski definition) is 3. The second-order valence-corrected chi connectivity index (χ2v) is 4.45. The Balaban J connectivity index is 2.16. The highest BCUT2D eigenvalue weighted by atomic mass is 32.1. The minimum Gasteiger partial charge on any atom is -0.374 e. The molecule has 2 rings (SSSR count). The summed E-state index contributed by atoms with van der Waals surface area (Å²) in [4.78, 5) is 4.44. The van der Waals surface area contributed by atoms with Crippen LogP contribution in [0.2, 0.25) is 0 Å². The van der Waals surface area contributed by atoms with E-state index in [1.165, 1.54) is 0 Å². The first-order valence-corrected chi connectivity index (χ1v) is 5.87. The van der Waals surface area contributed by atoms with Crippen LogP contribution >= 0.6 is 11.3 Å². The molecule has 1 heterocycles. The zero-order chi connectivity index (χ0) is 11.4. The maximum atomic E-state index is 5.18. The lowest BCUT2D eigenvalue weighted by Crippen LogP contribution is -1.97. The maximum Gasteiger partial charge on any atom is 0.0901 e. The summed E-state index contributed by atoms with van der Waals surface area (Å²) < 4.78 is 0. The van der Waals surface area contributed by atoms with Crippen LogP contribution < -0.4 is 5.32 Å². The van der Waals surface area contributed by atoms with Gasteiger partial charge in [-0.15, -0.1) is 17.8 Å². The average Bonchev–Trinajstić information content (AvgIpc) is 2.74. The van der Waals surface area contributed by atoms with Gasteiger partial charge in [0.15, 0.2) is 0 Å². The predicted octanol–water partition coefficient (Wildman–Crippen LogP) is 3.16. The van der Waals surface area contributed by atoms with Gasteiger partial charge in [0.1, 0.15) is 0 Å². The largest absolute Gasteiger partial charge is 0.374 e. The van der Waals surface area contributed by atoms with Crippen LogP contribution in [0.3, 0.4) is 0 Å². The molecule has 3 heteroatoms. The van der Waals surface area contributed by atoms with E-state index in [9.17, 15) is 0 Å². The normalized spacial score (nSPS) is 9.75. The van der Waals surface area contributed by atoms with Gasteiger partial charge in [0, 0.05) is 16.6 Å². The number of hydrogen-bond donors (Lipinski definition) is 1. The molecule has 0 saturated heterocycles. The summed E-state index contributed by atoms with van der Waals surface area (Å²) in [5.41, 5.74) is 3.20. The third-order valence-electron chi connectivity index (χ3n) is 2.19. The van der Waals surface area contributed by atoms with Crippen molar-refractivity contribution in [3.63, 3.8) is 0 Å². The highest BCUT2D eigenvalue weighted by Crippen LogP contribution is 2.22. The van der Waals surface area contributed by atoms with Crippen LogP contribution in [0, 0.1) is 19.3 Å². The van der Waals surface area contributed by atoms with Crippen molar-refractivity contribution in [3.05, 3.63) is 34.7 Å². The highest BCUT2D eigenvalue weighted by molar-refractivity contribution is 7.09. The second kappa shape index (κ2) is 4.82. The van der Waals surface area contributed by atoms with E-state index < -0.39 is 0 Å². The third-order valence-corrected chi connectivity index (χ3v) is 2.97. The van der Waals surface area contributed by atoms with Gasteiger partial charge >= 0.3 is 0 Å². The molecular formula is C13H12N2S. The number of anilines is 1. The van der Waals surface area contributed by atoms with Crippen molar-refractivity contribution in [2.24, 2.45) is 0 Å². The number of aryl methyl sites for hydroxylation is 1. The van der Waals surface area contributed by atoms with Gasteiger partial charge in [0.2, 0.25) is 0 Å². The summed E-state index contributed by atoms with van der Waals surface area (Å²) in [6.07, 6.45) is 5.18. The molecule has 1 N–H and O–H groups in total. The summed E-state index contributed by atoms with van der Waals surface area (Å²) in [5, 5.41) is 6.28. The Bertz CT molecular complexity index is 505. The summed E-state index contributed by atoms with van der Waals surface area (Å²) >= 11 is 1.66. The predicted molar refractivity (Wildman–Crippen MR) is 69.6 cm³/mol. The molecule has 1 aromatic heterocycles. The minimum atomic E-state index is 0.551. The summed E-state index contributed by atoms with van der Waals surface area (Å²) in [5.74, 6) is 2.54. The van der Waals surface area contributed by atoms with Gasteiger partial charge in [0.25, 0.3) is 0 Å². The van der Waals surface area contributed by atoms with Crippen LogP contribution in [0.4, 0.5) is 5.69 Å². The van der Waals surface area contributed by atoms with Crippen molar-refractivity contribution in [2.75, 3.05) is 11.9 Å². The van der Waals surface area contributed by atoms with E-state index >= 15 is 0 Å². The second-order valence-electron chi connectivity index (χ2n) is 3.39. The standard InChI is InChI=1S/C13H12N2S/c1-3-8-14-12-6-4-11(5-7-12)13-9-16-10(2)15-13/h1,4-7,9,14H,8H2,2H3. The van der Waals surface area contributed by atoms with Crippen molar-refractivity contribution in [1.82, 2.24) is 4.98 Å². The van der Waals surface area contributed by atoms with Crippen LogP contribution in [-0.4, -0.2) is 11.5 Å². The van der Waals surface area contributed by atoms with E-state index in [4.69, 9.17) is 6.42 Å². The molecule has 0 radical (unpaired) electrons. The topological polar surface area (TPSA) is 24.9 Å². The van der Waals surface area contributed by atoms with Gasteiger partial charge in [0.05, 0.1) is 17.2 Å². The van der Waals surface area contributed by atoms with Gasteiger partial charge in [-0.05, 0) is 19.1 Å². The van der Waals surface area contributed by atoms with Crippen molar-refractivity contribution >= 4 is 17.0 Å². The third kappa shape index (κ3) is 2.41. The van der Waals surface area contributed by atoms with Crippen LogP contribution in [0.25, 0.3) is 11.3 Å². The van der Waals surface area contributed by atoms with Gasteiger partial charge < -0.3 is 5.32 Å². The Morgan fingerprint density at radius 2 is 2.12 bits per heavy atom. The Kier molecular flexibility index (Phi) is 3.23. The first-order chi connectivity index (χ1) is 7.79. The Labute approximate surface area is 99.4 Å². The molecule has 0 bridgehead atoms. The van der Waals surface area contributed by atoms with Crippen molar-refractivity contribution < 1.29 is 0 Å². The van der Waals surface area contributed by atoms with E-state index in [-0.39, 0.29) is 0 Å². The quantitative estimate of drug-likeness (QED) is 0.816. The minimum absolute atomic E-state index is 0.551. The molecule has 0 spiro atoms. The van der Waals surface area contributed by atoms with Crippen LogP contribution in [0.15, 0.2) is 29.6 Å². The molecule has 0 saturated carbocycles. The SMILES string of the molecule is C#CCNc1ccc(-c2csc(C)n2)cc1. The molecular weight excluding hydrogens is 216 g/mol. The molecule has 0 aliphatic carbocycles. The molecule has 1 aromatic carbocycles. The number of aromatic nitrogens is 1. The van der Waals surface area contributed by atoms with E-state index in [1.54, 1.807) is 11.3 Å². The molecule has 0 unspecified atom stereocenters. The number of nitrogens with zero attached hydrogens (tertiary/aromatic N) is 1. The van der Waals surface area contributed by atoms with Crippen molar-refractivity contribution in [2.45, 2.75) is 6.92 Å². The summed E-state index contributed by atoms with van der Waals surface area (Å²) in [6.45, 7) is 2.56. The van der Waals surface area contributed by atoms with Crippen LogP contribution in [0.1, 0.15) is 5.01 Å². The molecule has 16 heavy (non-hydrogen) atoms. The zero-order valence-corrected chi connectivity index (χ0v) is 9.84. The van der Waals surface area contributed by atoms with Crippen LogP contribution in [-0.2, 0) is 0 Å². The van der Waals surface area contributed by atoms with Crippen molar-refractivity contribution in [3.8, 4) is 23.6 Å². The van der Waals surface area contributed by atoms with Gasteiger partial charge in [-0.3, -0.25) is 0 Å². The zero-order valence-electron chi connectivity index (χ0n) is 9.03. The van der Waals surface area contributed by atoms with E-state index in [0.717, 1.165) is 22.0 Å². The summed E-state index contributed by atoms with van der Waals surface area (Å²) in [7, 11) is 0. The summed E-state index contributed by atoms with van der Waals surface area (Å²) in [6, 6.07) is 8.13. The van der Waals surface area contributed by atoms with Gasteiger partial charge in [-0.1, -0.05) is 18.1 Å². The first kappa shape index (κ1) is 10.7. The highest BCUT2D eigenvalue weighted by Gasteiger charge is 2.01. The fourth-order valence-electron chi connectivity index (χ4n) is 1.41. The fraction of sp³-hybridized carbons (Fsp3) is 0.154. The molecule has 0 aliphatic heterocycles. The van der Waals surface area contributed by atoms with Gasteiger partial charge in [-0.2, -0.15) is 0 Å². The molecule has 0 aliphatic rings. The smallest absolute Gasteiger partial charge is 0.0901 e. The molecule has 2 aromatic rings. The number of thiazole rings is 1. The molecule has 2 nitrogen and oxygen atoms in total. The lowest BCUT2D eigenvalue weighted by Gasteiger charge is -2.02. The fourth-order valence-corrected chi connectivity index (χ4v) is 2.03. The number of benzene rings is 1. The molecule has 0 atom stereocenters. The van der Waals surface area contributed by atoms with Crippen molar-refractivity contribution in [1.29, 1.82) is 0 Å². The Hall–Kier alpha value is -1.79. The monoisotopic (exact) mass is 228 g/mol. The van der Waals surface area contributed by atoms with E-state index in [0.29, 0.717) is 6.54 Å². The lowest BCUT2D eigenvalue weighted by atomic mass is 10.1. The number of terminal acetylenes is 1. The van der Waals surface area contributed by atoms with Gasteiger partial charge in [-0.25, -0.2) is 4.98 Å². The molecule has 80 valence electrons. The molecule has 0 fully saturated rings. The Morgan fingerprint density at radius 1 is 1.38 bits per heavy atom. The molecule has 0 amide bonds.